The van der Waals surface area contributed by atoms with E-state index in [-0.39, 0.29) is 21.8 Å². The molecule has 2 aromatic carbocycles. The van der Waals surface area contributed by atoms with Crippen molar-refractivity contribution >= 4 is 63.9 Å². The number of hydrogen-bond acceptors (Lipinski definition) is 2. The van der Waals surface area contributed by atoms with Gasteiger partial charge < -0.3 is 10.6 Å². The van der Waals surface area contributed by atoms with Crippen molar-refractivity contribution < 1.29 is 35.9 Å². The average Bonchev–Trinajstić information content (AvgIpc) is 3.28. The van der Waals surface area contributed by atoms with E-state index in [1.165, 1.54) is 18.2 Å². The standard InChI is InChI=1S/C20H12Cl4F6N2O2/c21-12-4-2-9(6-10(12)16(33)31-7-18(25,26)27)32-17(34)15-14(19(15,23)24)8-1-3-13(22)11(5-8)20(28,29)30/h1-6,14-15H,7H2,(H,31,33)(H,32,34)/t14-,15+/m1/s1. The molecule has 1 fully saturated rings. The van der Waals surface area contributed by atoms with Crippen molar-refractivity contribution in [2.75, 3.05) is 11.9 Å². The number of hydrogen-bond donors (Lipinski definition) is 2. The molecule has 34 heavy (non-hydrogen) atoms. The van der Waals surface area contributed by atoms with E-state index in [0.717, 1.165) is 18.2 Å². The Morgan fingerprint density at radius 1 is 0.941 bits per heavy atom. The molecule has 0 unspecified atom stereocenters. The molecule has 0 heterocycles. The number of halogens is 10. The maximum absolute atomic E-state index is 13.2. The Labute approximate surface area is 208 Å². The Balaban J connectivity index is 1.78. The van der Waals surface area contributed by atoms with Crippen molar-refractivity contribution in [2.45, 2.75) is 22.6 Å². The van der Waals surface area contributed by atoms with Crippen LogP contribution in [0.15, 0.2) is 36.4 Å². The summed E-state index contributed by atoms with van der Waals surface area (Å²) in [6.07, 6.45) is -9.39. The molecule has 1 aliphatic rings. The van der Waals surface area contributed by atoms with Gasteiger partial charge in [0.05, 0.1) is 27.1 Å². The first-order valence-corrected chi connectivity index (χ1v) is 10.7. The van der Waals surface area contributed by atoms with Gasteiger partial charge in [-0.05, 0) is 35.9 Å². The van der Waals surface area contributed by atoms with Crippen LogP contribution < -0.4 is 10.6 Å². The molecule has 3 rings (SSSR count). The summed E-state index contributed by atoms with van der Waals surface area (Å²) in [5.74, 6) is -4.09. The van der Waals surface area contributed by atoms with Gasteiger partial charge >= 0.3 is 12.4 Å². The Morgan fingerprint density at radius 2 is 1.56 bits per heavy atom. The van der Waals surface area contributed by atoms with Crippen LogP contribution in [-0.2, 0) is 11.0 Å². The molecular formula is C20H12Cl4F6N2O2. The second kappa shape index (κ2) is 9.29. The largest absolute Gasteiger partial charge is 0.417 e. The van der Waals surface area contributed by atoms with Gasteiger partial charge in [-0.2, -0.15) is 26.3 Å². The fourth-order valence-corrected chi connectivity index (χ4v) is 4.55. The number of amides is 2. The van der Waals surface area contributed by atoms with Crippen LogP contribution in [0.2, 0.25) is 10.0 Å². The van der Waals surface area contributed by atoms with Crippen LogP contribution in [0.1, 0.15) is 27.4 Å². The lowest BCUT2D eigenvalue weighted by Gasteiger charge is -2.12. The van der Waals surface area contributed by atoms with E-state index in [2.05, 4.69) is 5.32 Å². The number of benzene rings is 2. The minimum atomic E-state index is -4.74. The predicted molar refractivity (Wildman–Crippen MR) is 116 cm³/mol. The Kier molecular flexibility index (Phi) is 7.30. The van der Waals surface area contributed by atoms with Crippen LogP contribution in [0, 0.1) is 5.92 Å². The Hall–Kier alpha value is -1.88. The van der Waals surface area contributed by atoms with Crippen molar-refractivity contribution in [2.24, 2.45) is 5.92 Å². The van der Waals surface area contributed by atoms with Gasteiger partial charge in [-0.1, -0.05) is 29.3 Å². The molecule has 2 N–H and O–H groups in total. The topological polar surface area (TPSA) is 58.2 Å². The summed E-state index contributed by atoms with van der Waals surface area (Å²) in [5.41, 5.74) is -1.45. The first-order chi connectivity index (χ1) is 15.5. The summed E-state index contributed by atoms with van der Waals surface area (Å²) >= 11 is 23.8. The molecular weight excluding hydrogens is 556 g/mol. The van der Waals surface area contributed by atoms with Gasteiger partial charge in [0.2, 0.25) is 5.91 Å². The van der Waals surface area contributed by atoms with Crippen molar-refractivity contribution in [1.82, 2.24) is 5.32 Å². The van der Waals surface area contributed by atoms with Crippen LogP contribution in [0.4, 0.5) is 32.0 Å². The third kappa shape index (κ3) is 5.84. The van der Waals surface area contributed by atoms with E-state index in [0.29, 0.717) is 0 Å². The fourth-order valence-electron chi connectivity index (χ4n) is 3.29. The third-order valence-electron chi connectivity index (χ3n) is 4.92. The van der Waals surface area contributed by atoms with E-state index >= 15 is 0 Å². The highest BCUT2D eigenvalue weighted by Crippen LogP contribution is 2.65. The zero-order chi connectivity index (χ0) is 25.6. The lowest BCUT2D eigenvalue weighted by atomic mass is 10.0. The van der Waals surface area contributed by atoms with E-state index in [9.17, 15) is 35.9 Å². The van der Waals surface area contributed by atoms with Crippen molar-refractivity contribution in [1.29, 1.82) is 0 Å². The SMILES string of the molecule is O=C(NCC(F)(F)F)c1cc(NC(=O)[C@@H]2[C@@H](c3ccc(Cl)c(C(F)(F)F)c3)C2(Cl)Cl)ccc1Cl. The van der Waals surface area contributed by atoms with Crippen molar-refractivity contribution in [3.05, 3.63) is 63.1 Å². The van der Waals surface area contributed by atoms with Gasteiger partial charge in [0.1, 0.15) is 10.9 Å². The maximum atomic E-state index is 13.2. The molecule has 0 aliphatic heterocycles. The van der Waals surface area contributed by atoms with Gasteiger partial charge in [0, 0.05) is 11.6 Å². The Bertz CT molecular complexity index is 1140. The van der Waals surface area contributed by atoms with Crippen LogP contribution in [0.5, 0.6) is 0 Å². The molecule has 1 saturated carbocycles. The van der Waals surface area contributed by atoms with E-state index < -0.39 is 57.5 Å². The summed E-state index contributed by atoms with van der Waals surface area (Å²) in [5, 5.41) is 3.34. The fraction of sp³-hybridized carbons (Fsp3) is 0.300. The lowest BCUT2D eigenvalue weighted by molar-refractivity contribution is -0.137. The monoisotopic (exact) mass is 566 g/mol. The summed E-state index contributed by atoms with van der Waals surface area (Å²) in [4.78, 5) is 24.8. The highest BCUT2D eigenvalue weighted by atomic mass is 35.5. The summed E-state index contributed by atoms with van der Waals surface area (Å²) in [7, 11) is 0. The first kappa shape index (κ1) is 26.7. The highest BCUT2D eigenvalue weighted by molar-refractivity contribution is 6.53. The summed E-state index contributed by atoms with van der Waals surface area (Å²) in [6, 6.07) is 6.52. The second-order valence-corrected chi connectivity index (χ2v) is 9.61. The van der Waals surface area contributed by atoms with Gasteiger partial charge in [0.25, 0.3) is 5.91 Å². The molecule has 14 heteroatoms. The maximum Gasteiger partial charge on any atom is 0.417 e. The summed E-state index contributed by atoms with van der Waals surface area (Å²) < 4.78 is 74.8. The zero-order valence-electron chi connectivity index (χ0n) is 16.4. The lowest BCUT2D eigenvalue weighted by Crippen LogP contribution is -2.33. The molecule has 184 valence electrons. The first-order valence-electron chi connectivity index (χ1n) is 9.22. The highest BCUT2D eigenvalue weighted by Gasteiger charge is 2.67. The van der Waals surface area contributed by atoms with Gasteiger partial charge in [-0.3, -0.25) is 9.59 Å². The minimum Gasteiger partial charge on any atom is -0.343 e. The van der Waals surface area contributed by atoms with Gasteiger partial charge in [-0.15, -0.1) is 23.2 Å². The number of anilines is 1. The normalized spacial score (nSPS) is 19.5. The number of rotatable bonds is 5. The molecule has 0 aromatic heterocycles. The van der Waals surface area contributed by atoms with Crippen LogP contribution in [0.25, 0.3) is 0 Å². The number of alkyl halides is 8. The van der Waals surface area contributed by atoms with E-state index in [1.807, 2.05) is 0 Å². The van der Waals surface area contributed by atoms with E-state index in [1.54, 1.807) is 5.32 Å². The van der Waals surface area contributed by atoms with Crippen LogP contribution in [0.3, 0.4) is 0 Å². The van der Waals surface area contributed by atoms with Gasteiger partial charge in [-0.25, -0.2) is 0 Å². The molecule has 1 aliphatic carbocycles. The molecule has 0 spiro atoms. The van der Waals surface area contributed by atoms with Crippen LogP contribution >= 0.6 is 46.4 Å². The third-order valence-corrected chi connectivity index (χ3v) is 6.52. The molecule has 2 amide bonds. The second-order valence-electron chi connectivity index (χ2n) is 7.35. The number of carbonyl (C=O) groups excluding carboxylic acids is 2. The number of nitrogens with one attached hydrogen (secondary N) is 2. The molecule has 2 atom stereocenters. The average molecular weight is 568 g/mol. The van der Waals surface area contributed by atoms with E-state index in [4.69, 9.17) is 46.4 Å². The minimum absolute atomic E-state index is 0.0200. The summed E-state index contributed by atoms with van der Waals surface area (Å²) in [6.45, 7) is -1.59. The van der Waals surface area contributed by atoms with Gasteiger partial charge in [0.15, 0.2) is 0 Å². The zero-order valence-corrected chi connectivity index (χ0v) is 19.4. The van der Waals surface area contributed by atoms with Crippen molar-refractivity contribution in [3.8, 4) is 0 Å². The molecule has 2 aromatic rings. The van der Waals surface area contributed by atoms with Crippen molar-refractivity contribution in [3.63, 3.8) is 0 Å². The quantitative estimate of drug-likeness (QED) is 0.307. The predicted octanol–water partition coefficient (Wildman–Crippen LogP) is 6.83. The molecule has 0 saturated heterocycles. The molecule has 4 nitrogen and oxygen atoms in total. The molecule has 0 bridgehead atoms. The number of carbonyl (C=O) groups is 2. The smallest absolute Gasteiger partial charge is 0.343 e. The molecule has 0 radical (unpaired) electrons. The van der Waals surface area contributed by atoms with Crippen LogP contribution in [-0.4, -0.2) is 28.9 Å². The Morgan fingerprint density at radius 3 is 2.15 bits per heavy atom.